The van der Waals surface area contributed by atoms with Crippen LogP contribution in [0.3, 0.4) is 0 Å². The van der Waals surface area contributed by atoms with Gasteiger partial charge in [0.2, 0.25) is 0 Å². The van der Waals surface area contributed by atoms with Crippen molar-refractivity contribution in [3.63, 3.8) is 0 Å². The largest absolute Gasteiger partial charge is 0.422 e. The lowest BCUT2D eigenvalue weighted by molar-refractivity contribution is 0.406. The average molecular weight is 273 g/mol. The number of hydrogen-bond donors (Lipinski definition) is 0. The summed E-state index contributed by atoms with van der Waals surface area (Å²) in [6, 6.07) is 8.77. The summed E-state index contributed by atoms with van der Waals surface area (Å²) in [6.45, 7) is 1.91. The zero-order chi connectivity index (χ0) is 13.4. The monoisotopic (exact) mass is 273 g/mol. The van der Waals surface area contributed by atoms with Crippen molar-refractivity contribution in [3.05, 3.63) is 67.6 Å². The maximum Gasteiger partial charge on any atom is 0.422 e. The second-order valence-corrected chi connectivity index (χ2v) is 5.06. The van der Waals surface area contributed by atoms with Crippen LogP contribution in [0.5, 0.6) is 0 Å². The molecule has 0 spiro atoms. The Labute approximate surface area is 112 Å². The molecule has 1 atom stereocenters. The fourth-order valence-electron chi connectivity index (χ4n) is 2.17. The minimum Gasteiger partial charge on any atom is -0.372 e. The molecular weight excluding hydrogens is 262 g/mol. The van der Waals surface area contributed by atoms with Crippen LogP contribution in [0.15, 0.2) is 55.1 Å². The molecule has 0 N–H and O–H groups in total. The fourth-order valence-corrected chi connectivity index (χ4v) is 2.91. The van der Waals surface area contributed by atoms with Crippen LogP contribution >= 0.6 is 11.3 Å². The maximum absolute atomic E-state index is 12.0. The molecule has 3 aromatic rings. The molecule has 0 radical (unpaired) electrons. The fraction of sp³-hybridized carbons (Fsp3) is 0.143. The molecule has 3 rings (SSSR count). The molecule has 0 aliphatic carbocycles. The molecule has 0 fully saturated rings. The van der Waals surface area contributed by atoms with Crippen molar-refractivity contribution >= 4 is 22.2 Å². The number of benzene rings is 1. The summed E-state index contributed by atoms with van der Waals surface area (Å²) in [6.07, 6.45) is 0. The van der Waals surface area contributed by atoms with Crippen LogP contribution in [0.2, 0.25) is 0 Å². The summed E-state index contributed by atoms with van der Waals surface area (Å²) in [7, 11) is 0. The number of hydrogen-bond acceptors (Lipinski definition) is 4. The predicted octanol–water partition coefficient (Wildman–Crippen LogP) is 2.63. The Bertz CT molecular complexity index is 830. The summed E-state index contributed by atoms with van der Waals surface area (Å²) in [5.41, 5.74) is 1.03. The maximum atomic E-state index is 12.0. The number of nitrogens with zero attached hydrogens (tertiary/aromatic N) is 1. The molecule has 0 bridgehead atoms. The van der Waals surface area contributed by atoms with E-state index in [1.807, 2.05) is 23.8 Å². The molecule has 1 aromatic carbocycles. The Morgan fingerprint density at radius 1 is 1.21 bits per heavy atom. The lowest BCUT2D eigenvalue weighted by Gasteiger charge is -2.15. The van der Waals surface area contributed by atoms with Gasteiger partial charge in [-0.3, -0.25) is 4.57 Å². The second kappa shape index (κ2) is 4.51. The second-order valence-electron chi connectivity index (χ2n) is 4.28. The third-order valence-corrected chi connectivity index (χ3v) is 3.87. The Kier molecular flexibility index (Phi) is 2.83. The van der Waals surface area contributed by atoms with E-state index in [0.717, 1.165) is 5.56 Å². The molecule has 19 heavy (non-hydrogen) atoms. The van der Waals surface area contributed by atoms with Gasteiger partial charge in [0.15, 0.2) is 0 Å². The minimum atomic E-state index is -0.623. The molecule has 2 heterocycles. The quantitative estimate of drug-likeness (QED) is 0.721. The topological polar surface area (TPSA) is 52.2 Å². The molecule has 0 saturated carbocycles. The Morgan fingerprint density at radius 3 is 2.74 bits per heavy atom. The van der Waals surface area contributed by atoms with E-state index in [4.69, 9.17) is 4.42 Å². The van der Waals surface area contributed by atoms with Crippen molar-refractivity contribution in [3.8, 4) is 0 Å². The predicted molar refractivity (Wildman–Crippen MR) is 74.9 cm³/mol. The molecular formula is C14H11NO3S. The van der Waals surface area contributed by atoms with E-state index in [2.05, 4.69) is 0 Å². The van der Waals surface area contributed by atoms with E-state index < -0.39 is 11.4 Å². The number of aromatic nitrogens is 1. The van der Waals surface area contributed by atoms with Crippen LogP contribution in [0, 0.1) is 0 Å². The molecule has 0 aliphatic heterocycles. The zero-order valence-corrected chi connectivity index (χ0v) is 11.0. The van der Waals surface area contributed by atoms with E-state index in [1.54, 1.807) is 35.6 Å². The molecule has 5 heteroatoms. The first-order valence-electron chi connectivity index (χ1n) is 5.85. The van der Waals surface area contributed by atoms with Crippen LogP contribution in [-0.2, 0) is 0 Å². The van der Waals surface area contributed by atoms with Crippen LogP contribution in [0.25, 0.3) is 10.9 Å². The number of rotatable bonds is 2. The third kappa shape index (κ3) is 1.92. The Hall–Kier alpha value is -2.14. The summed E-state index contributed by atoms with van der Waals surface area (Å²) in [4.78, 5) is 23.7. The van der Waals surface area contributed by atoms with Crippen molar-refractivity contribution in [2.24, 2.45) is 0 Å². The highest BCUT2D eigenvalue weighted by atomic mass is 32.1. The molecule has 2 aromatic heterocycles. The van der Waals surface area contributed by atoms with Crippen LogP contribution in [0.4, 0.5) is 0 Å². The lowest BCUT2D eigenvalue weighted by Crippen LogP contribution is -2.27. The van der Waals surface area contributed by atoms with E-state index in [-0.39, 0.29) is 6.04 Å². The summed E-state index contributed by atoms with van der Waals surface area (Å²) >= 11 is 1.57. The van der Waals surface area contributed by atoms with Crippen molar-refractivity contribution < 1.29 is 4.42 Å². The van der Waals surface area contributed by atoms with Crippen LogP contribution in [-0.4, -0.2) is 4.57 Å². The Balaban J connectivity index is 2.35. The average Bonchev–Trinajstić information content (AvgIpc) is 2.92. The molecule has 0 saturated heterocycles. The first-order valence-corrected chi connectivity index (χ1v) is 6.79. The molecule has 1 unspecified atom stereocenters. The van der Waals surface area contributed by atoms with Gasteiger partial charge in [0.05, 0.1) is 16.9 Å². The number of fused-ring (bicyclic) bond motifs is 1. The van der Waals surface area contributed by atoms with Gasteiger partial charge >= 0.3 is 11.4 Å². The van der Waals surface area contributed by atoms with Gasteiger partial charge in [-0.1, -0.05) is 12.1 Å². The van der Waals surface area contributed by atoms with Crippen molar-refractivity contribution in [1.29, 1.82) is 0 Å². The highest BCUT2D eigenvalue weighted by Gasteiger charge is 2.16. The molecule has 96 valence electrons. The summed E-state index contributed by atoms with van der Waals surface area (Å²) in [5, 5.41) is 4.36. The standard InChI is InChI=1S/C14H11NO3S/c1-9(10-6-7-19-8-10)15-12-5-3-2-4-11(12)13(16)18-14(15)17/h2-9H,1H3. The van der Waals surface area contributed by atoms with Crippen molar-refractivity contribution in [2.75, 3.05) is 0 Å². The van der Waals surface area contributed by atoms with Gasteiger partial charge in [-0.15, -0.1) is 0 Å². The highest BCUT2D eigenvalue weighted by molar-refractivity contribution is 7.07. The number of thiophene rings is 1. The van der Waals surface area contributed by atoms with Crippen LogP contribution < -0.4 is 11.4 Å². The summed E-state index contributed by atoms with van der Waals surface area (Å²) in [5.74, 6) is -0.623. The lowest BCUT2D eigenvalue weighted by atomic mass is 10.1. The SMILES string of the molecule is CC(c1ccsc1)n1c(=O)oc(=O)c2ccccc21. The highest BCUT2D eigenvalue weighted by Crippen LogP contribution is 2.21. The minimum absolute atomic E-state index is 0.173. The van der Waals surface area contributed by atoms with E-state index in [0.29, 0.717) is 10.9 Å². The Morgan fingerprint density at radius 2 is 2.00 bits per heavy atom. The van der Waals surface area contributed by atoms with E-state index in [9.17, 15) is 9.59 Å². The van der Waals surface area contributed by atoms with Gasteiger partial charge in [-0.25, -0.2) is 9.59 Å². The first-order chi connectivity index (χ1) is 9.18. The van der Waals surface area contributed by atoms with Crippen molar-refractivity contribution in [1.82, 2.24) is 4.57 Å². The van der Waals surface area contributed by atoms with E-state index in [1.165, 1.54) is 4.57 Å². The van der Waals surface area contributed by atoms with Gasteiger partial charge in [-0.2, -0.15) is 11.3 Å². The normalized spacial score (nSPS) is 12.7. The zero-order valence-electron chi connectivity index (χ0n) is 10.2. The molecule has 4 nitrogen and oxygen atoms in total. The summed E-state index contributed by atoms with van der Waals surface area (Å²) < 4.78 is 6.31. The third-order valence-electron chi connectivity index (χ3n) is 3.17. The first kappa shape index (κ1) is 11.9. The smallest absolute Gasteiger partial charge is 0.372 e. The molecule has 0 amide bonds. The van der Waals surface area contributed by atoms with Crippen LogP contribution in [0.1, 0.15) is 18.5 Å². The number of para-hydroxylation sites is 1. The van der Waals surface area contributed by atoms with Crippen molar-refractivity contribution in [2.45, 2.75) is 13.0 Å². The van der Waals surface area contributed by atoms with Gasteiger partial charge in [0.25, 0.3) is 0 Å². The van der Waals surface area contributed by atoms with E-state index >= 15 is 0 Å². The molecule has 0 aliphatic rings. The van der Waals surface area contributed by atoms with Gasteiger partial charge in [0, 0.05) is 0 Å². The van der Waals surface area contributed by atoms with Gasteiger partial charge in [0.1, 0.15) is 0 Å². The van der Waals surface area contributed by atoms with Gasteiger partial charge < -0.3 is 4.42 Å². The van der Waals surface area contributed by atoms with Gasteiger partial charge in [-0.05, 0) is 41.4 Å².